The van der Waals surface area contributed by atoms with Crippen LogP contribution in [0.1, 0.15) is 24.0 Å². The van der Waals surface area contributed by atoms with E-state index in [9.17, 15) is 9.90 Å². The van der Waals surface area contributed by atoms with E-state index in [0.717, 1.165) is 38.1 Å². The van der Waals surface area contributed by atoms with Gasteiger partial charge in [-0.15, -0.1) is 11.3 Å². The number of halogens is 2. The number of nitrogens with one attached hydrogen (secondary N) is 1. The number of hydrogen-bond acceptors (Lipinski definition) is 7. The molecule has 0 unspecified atom stereocenters. The van der Waals surface area contributed by atoms with Gasteiger partial charge >= 0.3 is 0 Å². The van der Waals surface area contributed by atoms with Gasteiger partial charge in [0.05, 0.1) is 28.5 Å². The molecule has 8 nitrogen and oxygen atoms in total. The zero-order valence-electron chi connectivity index (χ0n) is 23.5. The van der Waals surface area contributed by atoms with Crippen LogP contribution in [0.4, 0.5) is 0 Å². The summed E-state index contributed by atoms with van der Waals surface area (Å²) < 4.78 is 3.95. The summed E-state index contributed by atoms with van der Waals surface area (Å²) >= 11 is 14.3. The Morgan fingerprint density at radius 3 is 2.43 bits per heavy atom. The molecule has 0 radical (unpaired) electrons. The molecule has 11 heteroatoms. The van der Waals surface area contributed by atoms with Crippen molar-refractivity contribution in [1.82, 2.24) is 29.5 Å². The van der Waals surface area contributed by atoms with E-state index in [0.29, 0.717) is 48.5 Å². The Morgan fingerprint density at radius 1 is 1.02 bits per heavy atom. The Bertz CT molecular complexity index is 1790. The number of aromatic nitrogens is 4. The van der Waals surface area contributed by atoms with Crippen molar-refractivity contribution in [3.8, 4) is 21.7 Å². The number of piperidine rings is 1. The van der Waals surface area contributed by atoms with Crippen molar-refractivity contribution >= 4 is 45.6 Å². The van der Waals surface area contributed by atoms with Crippen molar-refractivity contribution in [3.63, 3.8) is 0 Å². The summed E-state index contributed by atoms with van der Waals surface area (Å²) in [5.41, 5.74) is 4.61. The van der Waals surface area contributed by atoms with Crippen molar-refractivity contribution in [3.05, 3.63) is 91.8 Å². The molecule has 42 heavy (non-hydrogen) atoms. The maximum Gasteiger partial charge on any atom is 0.281 e. The average molecular weight is 624 g/mol. The van der Waals surface area contributed by atoms with E-state index in [1.54, 1.807) is 4.68 Å². The second-order valence-corrected chi connectivity index (χ2v) is 13.1. The number of benzene rings is 2. The molecule has 0 bridgehead atoms. The monoisotopic (exact) mass is 622 g/mol. The SMILES string of the molecule is CNCc1ccc(-c2c3ncn(CC4(O)CCN(Cc5ccc(-c6ccc(Cl)s6)cc5Cl)CC4)c(=O)c3nn2C)cc1. The fourth-order valence-corrected chi connectivity index (χ4v) is 6.94. The van der Waals surface area contributed by atoms with E-state index >= 15 is 0 Å². The van der Waals surface area contributed by atoms with E-state index in [2.05, 4.69) is 44.6 Å². The fraction of sp³-hybridized carbons (Fsp3) is 0.323. The lowest BCUT2D eigenvalue weighted by Gasteiger charge is -2.38. The van der Waals surface area contributed by atoms with Gasteiger partial charge in [-0.25, -0.2) is 4.98 Å². The summed E-state index contributed by atoms with van der Waals surface area (Å²) in [6.07, 6.45) is 2.61. The standard InChI is InChI=1S/C31H32Cl2N6O2S/c1-34-16-20-3-5-21(6-4-20)29-27-28(36-37(29)2)30(40)39(19-35-27)18-31(41)11-13-38(14-12-31)17-23-8-7-22(15-24(23)32)25-9-10-26(33)42-25/h3-10,15,19,34,41H,11-14,16-18H2,1-2H3. The number of rotatable bonds is 8. The Labute approximate surface area is 258 Å². The minimum atomic E-state index is -1.01. The van der Waals surface area contributed by atoms with Crippen LogP contribution in [-0.4, -0.2) is 55.1 Å². The van der Waals surface area contributed by atoms with Crippen LogP contribution in [0, 0.1) is 0 Å². The van der Waals surface area contributed by atoms with Crippen molar-refractivity contribution in [2.24, 2.45) is 7.05 Å². The van der Waals surface area contributed by atoms with Gasteiger partial charge in [-0.05, 0) is 54.8 Å². The molecular formula is C31H32Cl2N6O2S. The predicted molar refractivity (Wildman–Crippen MR) is 170 cm³/mol. The summed E-state index contributed by atoms with van der Waals surface area (Å²) in [6.45, 7) is 3.03. The number of fused-ring (bicyclic) bond motifs is 1. The van der Waals surface area contributed by atoms with Gasteiger partial charge in [-0.2, -0.15) is 5.10 Å². The Hall–Kier alpha value is -3.05. The fourth-order valence-electron chi connectivity index (χ4n) is 5.66. The molecule has 0 amide bonds. The summed E-state index contributed by atoms with van der Waals surface area (Å²) in [7, 11) is 3.74. The van der Waals surface area contributed by atoms with E-state index in [-0.39, 0.29) is 12.1 Å². The van der Waals surface area contributed by atoms with E-state index in [1.165, 1.54) is 27.8 Å². The average Bonchev–Trinajstić information content (AvgIpc) is 3.56. The first-order valence-corrected chi connectivity index (χ1v) is 15.5. The van der Waals surface area contributed by atoms with Crippen LogP contribution in [0.3, 0.4) is 0 Å². The first kappa shape index (κ1) is 29.0. The third kappa shape index (κ3) is 5.90. The third-order valence-electron chi connectivity index (χ3n) is 7.98. The number of thiophene rings is 1. The molecule has 6 rings (SSSR count). The summed E-state index contributed by atoms with van der Waals surface area (Å²) in [6, 6.07) is 18.2. The van der Waals surface area contributed by atoms with Crippen molar-refractivity contribution in [2.75, 3.05) is 20.1 Å². The highest BCUT2D eigenvalue weighted by atomic mass is 35.5. The molecule has 1 saturated heterocycles. The molecule has 0 spiro atoms. The number of nitrogens with zero attached hydrogens (tertiary/aromatic N) is 5. The normalized spacial score (nSPS) is 15.5. The zero-order valence-corrected chi connectivity index (χ0v) is 25.8. The lowest BCUT2D eigenvalue weighted by molar-refractivity contribution is -0.0364. The molecule has 0 aliphatic carbocycles. The van der Waals surface area contributed by atoms with E-state index in [1.807, 2.05) is 44.4 Å². The molecule has 0 saturated carbocycles. The highest BCUT2D eigenvalue weighted by Gasteiger charge is 2.33. The van der Waals surface area contributed by atoms with Crippen LogP contribution in [-0.2, 0) is 26.7 Å². The zero-order chi connectivity index (χ0) is 29.4. The smallest absolute Gasteiger partial charge is 0.281 e. The maximum atomic E-state index is 13.5. The van der Waals surface area contributed by atoms with E-state index in [4.69, 9.17) is 23.2 Å². The van der Waals surface area contributed by atoms with Gasteiger partial charge in [-0.1, -0.05) is 59.6 Å². The minimum Gasteiger partial charge on any atom is -0.388 e. The minimum absolute atomic E-state index is 0.173. The summed E-state index contributed by atoms with van der Waals surface area (Å²) in [5.74, 6) is 0. The van der Waals surface area contributed by atoms with Gasteiger partial charge < -0.3 is 10.4 Å². The lowest BCUT2D eigenvalue weighted by atomic mass is 9.91. The highest BCUT2D eigenvalue weighted by Crippen LogP contribution is 2.34. The van der Waals surface area contributed by atoms with Crippen LogP contribution >= 0.6 is 34.5 Å². The molecule has 1 aliphatic heterocycles. The summed E-state index contributed by atoms with van der Waals surface area (Å²) in [5, 5.41) is 19.8. The van der Waals surface area contributed by atoms with Crippen molar-refractivity contribution in [2.45, 2.75) is 38.1 Å². The highest BCUT2D eigenvalue weighted by molar-refractivity contribution is 7.19. The number of aryl methyl sites for hydroxylation is 1. The molecule has 3 aromatic heterocycles. The van der Waals surface area contributed by atoms with Crippen LogP contribution in [0.2, 0.25) is 9.36 Å². The van der Waals surface area contributed by atoms with Gasteiger partial charge in [0.1, 0.15) is 5.52 Å². The van der Waals surface area contributed by atoms with Crippen molar-refractivity contribution < 1.29 is 5.11 Å². The van der Waals surface area contributed by atoms with Gasteiger partial charge in [0.15, 0.2) is 5.52 Å². The first-order chi connectivity index (χ1) is 20.2. The van der Waals surface area contributed by atoms with Crippen LogP contribution in [0.25, 0.3) is 32.7 Å². The van der Waals surface area contributed by atoms with Gasteiger partial charge in [0.25, 0.3) is 5.56 Å². The van der Waals surface area contributed by atoms with Crippen LogP contribution in [0.15, 0.2) is 65.7 Å². The number of likely N-dealkylation sites (tertiary alicyclic amines) is 1. The molecule has 2 aromatic carbocycles. The molecule has 5 aromatic rings. The summed E-state index contributed by atoms with van der Waals surface area (Å²) in [4.78, 5) is 21.5. The number of aliphatic hydroxyl groups is 1. The maximum absolute atomic E-state index is 13.5. The molecule has 1 aliphatic rings. The molecule has 1 fully saturated rings. The second-order valence-electron chi connectivity index (χ2n) is 11.0. The molecule has 4 heterocycles. The predicted octanol–water partition coefficient (Wildman–Crippen LogP) is 5.58. The second kappa shape index (κ2) is 11.9. The molecular weight excluding hydrogens is 591 g/mol. The van der Waals surface area contributed by atoms with Gasteiger partial charge in [0.2, 0.25) is 0 Å². The topological polar surface area (TPSA) is 88.2 Å². The van der Waals surface area contributed by atoms with Gasteiger partial charge in [-0.3, -0.25) is 18.9 Å². The Morgan fingerprint density at radius 2 is 1.76 bits per heavy atom. The molecule has 2 N–H and O–H groups in total. The Kier molecular flexibility index (Phi) is 8.24. The Balaban J connectivity index is 1.13. The first-order valence-electron chi connectivity index (χ1n) is 13.9. The molecule has 218 valence electrons. The third-order valence-corrected chi connectivity index (χ3v) is 9.61. The lowest BCUT2D eigenvalue weighted by Crippen LogP contribution is -2.47. The van der Waals surface area contributed by atoms with Crippen LogP contribution < -0.4 is 10.9 Å². The van der Waals surface area contributed by atoms with Crippen molar-refractivity contribution in [1.29, 1.82) is 0 Å². The largest absolute Gasteiger partial charge is 0.388 e. The quantitative estimate of drug-likeness (QED) is 0.235. The van der Waals surface area contributed by atoms with E-state index < -0.39 is 5.60 Å². The molecule has 0 atom stereocenters. The van der Waals surface area contributed by atoms with Gasteiger partial charge in [0, 0.05) is 48.7 Å². The van der Waals surface area contributed by atoms with Crippen LogP contribution in [0.5, 0.6) is 0 Å². The number of hydrogen-bond donors (Lipinski definition) is 2.